The van der Waals surface area contributed by atoms with Crippen molar-refractivity contribution in [2.75, 3.05) is 0 Å². The third kappa shape index (κ3) is 4.69. The standard InChI is InChI=1S/C14H15FN2O3/c1-9(6-7-16)13(14(19)20)17-12(18)8-10-2-4-11(15)5-3-10/h2-5,9,13H,6,8H2,1H3,(H,17,18)(H,19,20)/t9-,13-/m0/s1. The van der Waals surface area contributed by atoms with Crippen LogP contribution in [0.15, 0.2) is 24.3 Å². The number of hydrogen-bond donors (Lipinski definition) is 2. The number of aliphatic carboxylic acids is 1. The second-order valence-electron chi connectivity index (χ2n) is 4.53. The highest BCUT2D eigenvalue weighted by Gasteiger charge is 2.26. The lowest BCUT2D eigenvalue weighted by atomic mass is 9.98. The predicted octanol–water partition coefficient (Wildman–Crippen LogP) is 1.49. The van der Waals surface area contributed by atoms with Crippen molar-refractivity contribution in [1.82, 2.24) is 5.32 Å². The molecule has 2 atom stereocenters. The average molecular weight is 278 g/mol. The van der Waals surface area contributed by atoms with Crippen LogP contribution in [0.25, 0.3) is 0 Å². The number of nitrogens with zero attached hydrogens (tertiary/aromatic N) is 1. The van der Waals surface area contributed by atoms with Gasteiger partial charge in [-0.25, -0.2) is 9.18 Å². The summed E-state index contributed by atoms with van der Waals surface area (Å²) >= 11 is 0. The first-order chi connectivity index (χ1) is 9.43. The predicted molar refractivity (Wildman–Crippen MR) is 69.1 cm³/mol. The van der Waals surface area contributed by atoms with E-state index in [1.807, 2.05) is 6.07 Å². The molecule has 0 saturated carbocycles. The summed E-state index contributed by atoms with van der Waals surface area (Å²) in [5, 5.41) is 20.0. The largest absolute Gasteiger partial charge is 0.480 e. The Balaban J connectivity index is 2.65. The number of hydrogen-bond acceptors (Lipinski definition) is 3. The number of rotatable bonds is 6. The Morgan fingerprint density at radius 3 is 2.50 bits per heavy atom. The van der Waals surface area contributed by atoms with Gasteiger partial charge in [0.05, 0.1) is 12.5 Å². The molecule has 106 valence electrons. The fourth-order valence-corrected chi connectivity index (χ4v) is 1.72. The zero-order valence-electron chi connectivity index (χ0n) is 11.0. The molecule has 0 radical (unpaired) electrons. The van der Waals surface area contributed by atoms with Crippen LogP contribution in [0.5, 0.6) is 0 Å². The third-order valence-corrected chi connectivity index (χ3v) is 2.84. The van der Waals surface area contributed by atoms with Crippen molar-refractivity contribution in [2.45, 2.75) is 25.8 Å². The topological polar surface area (TPSA) is 90.2 Å². The van der Waals surface area contributed by atoms with Crippen LogP contribution in [-0.4, -0.2) is 23.0 Å². The smallest absolute Gasteiger partial charge is 0.326 e. The molecule has 0 aromatic heterocycles. The molecule has 0 aliphatic heterocycles. The van der Waals surface area contributed by atoms with Crippen molar-refractivity contribution in [3.05, 3.63) is 35.6 Å². The molecular formula is C14H15FN2O3. The van der Waals surface area contributed by atoms with Gasteiger partial charge in [-0.3, -0.25) is 4.79 Å². The zero-order chi connectivity index (χ0) is 15.1. The van der Waals surface area contributed by atoms with Gasteiger partial charge in [-0.2, -0.15) is 5.26 Å². The maximum absolute atomic E-state index is 12.7. The van der Waals surface area contributed by atoms with Crippen LogP contribution in [0.3, 0.4) is 0 Å². The van der Waals surface area contributed by atoms with E-state index < -0.39 is 29.7 Å². The van der Waals surface area contributed by atoms with E-state index in [1.165, 1.54) is 24.3 Å². The molecule has 0 heterocycles. The van der Waals surface area contributed by atoms with Crippen molar-refractivity contribution < 1.29 is 19.1 Å². The van der Waals surface area contributed by atoms with Crippen molar-refractivity contribution >= 4 is 11.9 Å². The van der Waals surface area contributed by atoms with Crippen molar-refractivity contribution in [1.29, 1.82) is 5.26 Å². The minimum absolute atomic E-state index is 0.0355. The number of nitriles is 1. The lowest BCUT2D eigenvalue weighted by Crippen LogP contribution is -2.45. The van der Waals surface area contributed by atoms with Gasteiger partial charge in [0.2, 0.25) is 5.91 Å². The fraction of sp³-hybridized carbons (Fsp3) is 0.357. The minimum atomic E-state index is -1.18. The molecule has 5 nitrogen and oxygen atoms in total. The average Bonchev–Trinajstić information content (AvgIpc) is 2.38. The Kier molecular flexibility index (Phi) is 5.66. The molecule has 20 heavy (non-hydrogen) atoms. The Morgan fingerprint density at radius 2 is 2.00 bits per heavy atom. The summed E-state index contributed by atoms with van der Waals surface area (Å²) < 4.78 is 12.7. The molecule has 0 spiro atoms. The Labute approximate surface area is 116 Å². The monoisotopic (exact) mass is 278 g/mol. The summed E-state index contributed by atoms with van der Waals surface area (Å²) in [5.41, 5.74) is 0.584. The first-order valence-electron chi connectivity index (χ1n) is 6.07. The third-order valence-electron chi connectivity index (χ3n) is 2.84. The second-order valence-corrected chi connectivity index (χ2v) is 4.53. The van der Waals surface area contributed by atoms with Gasteiger partial charge in [0.1, 0.15) is 11.9 Å². The second kappa shape index (κ2) is 7.24. The molecule has 0 aliphatic carbocycles. The van der Waals surface area contributed by atoms with Crippen molar-refractivity contribution in [2.24, 2.45) is 5.92 Å². The number of carbonyl (C=O) groups excluding carboxylic acids is 1. The molecule has 6 heteroatoms. The molecule has 2 N–H and O–H groups in total. The number of nitrogens with one attached hydrogen (secondary N) is 1. The molecule has 0 unspecified atom stereocenters. The molecule has 0 saturated heterocycles. The van der Waals surface area contributed by atoms with Crippen LogP contribution in [0.1, 0.15) is 18.9 Å². The highest BCUT2D eigenvalue weighted by Crippen LogP contribution is 2.09. The fourth-order valence-electron chi connectivity index (χ4n) is 1.72. The number of carboxylic acid groups (broad SMARTS) is 1. The first-order valence-corrected chi connectivity index (χ1v) is 6.07. The normalized spacial score (nSPS) is 13.1. The van der Waals surface area contributed by atoms with E-state index in [9.17, 15) is 14.0 Å². The number of halogens is 1. The lowest BCUT2D eigenvalue weighted by molar-refractivity contribution is -0.143. The van der Waals surface area contributed by atoms with Crippen molar-refractivity contribution in [3.63, 3.8) is 0 Å². The van der Waals surface area contributed by atoms with E-state index in [4.69, 9.17) is 10.4 Å². The van der Waals surface area contributed by atoms with Gasteiger partial charge in [-0.1, -0.05) is 19.1 Å². The summed E-state index contributed by atoms with van der Waals surface area (Å²) in [6.45, 7) is 1.58. The number of benzene rings is 1. The summed E-state index contributed by atoms with van der Waals surface area (Å²) in [7, 11) is 0. The van der Waals surface area contributed by atoms with Gasteiger partial charge in [0.15, 0.2) is 0 Å². The summed E-state index contributed by atoms with van der Waals surface area (Å²) in [5.74, 6) is -2.55. The van der Waals surface area contributed by atoms with E-state index in [0.29, 0.717) is 5.56 Å². The maximum atomic E-state index is 12.7. The van der Waals surface area contributed by atoms with Gasteiger partial charge < -0.3 is 10.4 Å². The summed E-state index contributed by atoms with van der Waals surface area (Å²) in [6.07, 6.45) is -0.00285. The highest BCUT2D eigenvalue weighted by atomic mass is 19.1. The molecule has 1 amide bonds. The minimum Gasteiger partial charge on any atom is -0.480 e. The van der Waals surface area contributed by atoms with E-state index in [-0.39, 0.29) is 12.8 Å². The van der Waals surface area contributed by atoms with Gasteiger partial charge in [-0.15, -0.1) is 0 Å². The molecule has 1 rings (SSSR count). The SMILES string of the molecule is C[C@@H](CC#N)[C@H](NC(=O)Cc1ccc(F)cc1)C(=O)O. The quantitative estimate of drug-likeness (QED) is 0.824. The van der Waals surface area contributed by atoms with E-state index in [1.54, 1.807) is 6.92 Å². The Hall–Kier alpha value is -2.42. The van der Waals surface area contributed by atoms with Crippen LogP contribution in [0.4, 0.5) is 4.39 Å². The maximum Gasteiger partial charge on any atom is 0.326 e. The van der Waals surface area contributed by atoms with Crippen LogP contribution in [0, 0.1) is 23.1 Å². The summed E-state index contributed by atoms with van der Waals surface area (Å²) in [6, 6.07) is 6.15. The first kappa shape index (κ1) is 15.6. The number of carbonyl (C=O) groups is 2. The molecule has 0 bridgehead atoms. The van der Waals surface area contributed by atoms with Crippen molar-refractivity contribution in [3.8, 4) is 6.07 Å². The molecule has 0 aliphatic rings. The molecule has 0 fully saturated rings. The van der Waals surface area contributed by atoms with Gasteiger partial charge >= 0.3 is 5.97 Å². The van der Waals surface area contributed by atoms with Crippen LogP contribution >= 0.6 is 0 Å². The van der Waals surface area contributed by atoms with Gasteiger partial charge in [0, 0.05) is 12.3 Å². The van der Waals surface area contributed by atoms with Gasteiger partial charge in [0.25, 0.3) is 0 Å². The van der Waals surface area contributed by atoms with Crippen LogP contribution in [0.2, 0.25) is 0 Å². The van der Waals surface area contributed by atoms with Crippen LogP contribution in [-0.2, 0) is 16.0 Å². The molecule has 1 aromatic rings. The summed E-state index contributed by atoms with van der Waals surface area (Å²) in [4.78, 5) is 22.8. The Morgan fingerprint density at radius 1 is 1.40 bits per heavy atom. The highest BCUT2D eigenvalue weighted by molar-refractivity contribution is 5.85. The van der Waals surface area contributed by atoms with Crippen LogP contribution < -0.4 is 5.32 Å². The van der Waals surface area contributed by atoms with E-state index in [2.05, 4.69) is 5.32 Å². The lowest BCUT2D eigenvalue weighted by Gasteiger charge is -2.19. The number of carboxylic acids is 1. The molecular weight excluding hydrogens is 263 g/mol. The van der Waals surface area contributed by atoms with E-state index in [0.717, 1.165) is 0 Å². The van der Waals surface area contributed by atoms with Gasteiger partial charge in [-0.05, 0) is 17.7 Å². The Bertz CT molecular complexity index is 522. The number of amides is 1. The zero-order valence-corrected chi connectivity index (χ0v) is 11.0. The van der Waals surface area contributed by atoms with E-state index >= 15 is 0 Å². The molecule has 1 aromatic carbocycles.